The third-order valence-corrected chi connectivity index (χ3v) is 15.6. The van der Waals surface area contributed by atoms with Gasteiger partial charge in [-0.2, -0.15) is 0 Å². The smallest absolute Gasteiger partial charge is 0.220 e. The number of carbonyl (C=O) groups is 1. The van der Waals surface area contributed by atoms with Crippen LogP contribution in [0.5, 0.6) is 0 Å². The molecule has 0 aromatic carbocycles. The van der Waals surface area contributed by atoms with Crippen LogP contribution in [0.15, 0.2) is 24.3 Å². The Kier molecular flexibility index (Phi) is 44.8. The van der Waals surface area contributed by atoms with Crippen LogP contribution in [0, 0.1) is 0 Å². The van der Waals surface area contributed by atoms with E-state index in [0.717, 1.165) is 44.9 Å². The highest BCUT2D eigenvalue weighted by Crippen LogP contribution is 2.30. The first-order valence-electron chi connectivity index (χ1n) is 31.6. The van der Waals surface area contributed by atoms with Crippen LogP contribution in [-0.4, -0.2) is 140 Å². The van der Waals surface area contributed by atoms with Crippen LogP contribution < -0.4 is 5.32 Å². The number of nitrogens with one attached hydrogen (secondary N) is 1. The van der Waals surface area contributed by atoms with Gasteiger partial charge in [0.1, 0.15) is 48.8 Å². The van der Waals surface area contributed by atoms with Crippen LogP contribution in [0.2, 0.25) is 0 Å². The van der Waals surface area contributed by atoms with Gasteiger partial charge in [0.2, 0.25) is 5.91 Å². The molecule has 0 saturated carbocycles. The Bertz CT molecular complexity index is 1370. The largest absolute Gasteiger partial charge is 0.394 e. The topological polar surface area (TPSA) is 228 Å². The van der Waals surface area contributed by atoms with E-state index < -0.39 is 86.8 Å². The monoisotopic (exact) mass is 1080 g/mol. The van der Waals surface area contributed by atoms with E-state index in [4.69, 9.17) is 18.9 Å². The molecular formula is C62H117NO13. The van der Waals surface area contributed by atoms with E-state index in [1.807, 2.05) is 6.08 Å². The molecule has 0 bridgehead atoms. The standard InChI is InChI=1S/C62H117NO13/c1-3-5-7-9-10-11-12-13-14-15-16-17-18-19-20-21-22-23-24-25-26-27-28-29-30-31-32-33-34-35-36-37-38-39-40-42-44-46-54(67)63-50(51(66)45-43-41-8-6-4-2)49-73-61-59(72)57(70)60(53(48-65)75-61)76-62-58(71)56(69)55(68)52(47-64)74-62/h15-16,43,45,50-53,55-62,64-66,68-72H,3-14,17-42,44,46-49H2,1-2H3,(H,63,67)/b16-15-,45-43+. The summed E-state index contributed by atoms with van der Waals surface area (Å²) in [6.45, 7) is 2.69. The normalized spacial score (nSPS) is 25.0. The first-order chi connectivity index (χ1) is 37.1. The first-order valence-corrected chi connectivity index (χ1v) is 31.6. The lowest BCUT2D eigenvalue weighted by molar-refractivity contribution is -0.359. The van der Waals surface area contributed by atoms with E-state index in [9.17, 15) is 45.6 Å². The van der Waals surface area contributed by atoms with Crippen molar-refractivity contribution < 1.29 is 64.6 Å². The van der Waals surface area contributed by atoms with E-state index in [1.165, 1.54) is 199 Å². The Hall–Kier alpha value is -1.53. The Morgan fingerprint density at radius 2 is 0.829 bits per heavy atom. The second-order valence-corrected chi connectivity index (χ2v) is 22.5. The van der Waals surface area contributed by atoms with Gasteiger partial charge in [-0.05, 0) is 44.9 Å². The van der Waals surface area contributed by atoms with Crippen molar-refractivity contribution in [3.05, 3.63) is 24.3 Å². The molecule has 2 fully saturated rings. The molecule has 1 amide bonds. The van der Waals surface area contributed by atoms with Gasteiger partial charge >= 0.3 is 0 Å². The number of amides is 1. The summed E-state index contributed by atoms with van der Waals surface area (Å²) in [6.07, 6.45) is 42.0. The van der Waals surface area contributed by atoms with Gasteiger partial charge in [-0.25, -0.2) is 0 Å². The summed E-state index contributed by atoms with van der Waals surface area (Å²) in [6, 6.07) is -0.907. The number of carbonyl (C=O) groups excluding carboxylic acids is 1. The van der Waals surface area contributed by atoms with Gasteiger partial charge in [-0.1, -0.05) is 244 Å². The highest BCUT2D eigenvalue weighted by Gasteiger charge is 2.51. The predicted molar refractivity (Wildman–Crippen MR) is 305 cm³/mol. The average molecular weight is 1080 g/mol. The Morgan fingerprint density at radius 1 is 0.461 bits per heavy atom. The van der Waals surface area contributed by atoms with Crippen molar-refractivity contribution in [2.45, 2.75) is 344 Å². The minimum atomic E-state index is -1.78. The molecule has 2 rings (SSSR count). The third kappa shape index (κ3) is 33.3. The van der Waals surface area contributed by atoms with Gasteiger partial charge in [-0.15, -0.1) is 0 Å². The predicted octanol–water partition coefficient (Wildman–Crippen LogP) is 11.2. The summed E-state index contributed by atoms with van der Waals surface area (Å²) in [4.78, 5) is 13.1. The highest BCUT2D eigenvalue weighted by atomic mass is 16.7. The van der Waals surface area contributed by atoms with Crippen LogP contribution in [-0.2, 0) is 23.7 Å². The fourth-order valence-corrected chi connectivity index (χ4v) is 10.5. The Morgan fingerprint density at radius 3 is 1.28 bits per heavy atom. The lowest BCUT2D eigenvalue weighted by Crippen LogP contribution is -2.65. The Balaban J connectivity index is 1.47. The van der Waals surface area contributed by atoms with E-state index in [0.29, 0.717) is 6.42 Å². The summed E-state index contributed by atoms with van der Waals surface area (Å²) in [5, 5.41) is 86.4. The van der Waals surface area contributed by atoms with Crippen molar-refractivity contribution in [2.24, 2.45) is 0 Å². The van der Waals surface area contributed by atoms with Gasteiger partial charge in [-0.3, -0.25) is 4.79 Å². The number of rotatable bonds is 51. The summed E-state index contributed by atoms with van der Waals surface area (Å²) in [5.74, 6) is -0.242. The average Bonchev–Trinajstić information content (AvgIpc) is 3.42. The zero-order valence-corrected chi connectivity index (χ0v) is 48.3. The van der Waals surface area contributed by atoms with Crippen molar-refractivity contribution in [2.75, 3.05) is 19.8 Å². The van der Waals surface area contributed by atoms with Crippen LogP contribution >= 0.6 is 0 Å². The second-order valence-electron chi connectivity index (χ2n) is 22.5. The van der Waals surface area contributed by atoms with Gasteiger partial charge in [0.05, 0.1) is 32.0 Å². The van der Waals surface area contributed by atoms with E-state index in [1.54, 1.807) is 6.08 Å². The van der Waals surface area contributed by atoms with Gasteiger partial charge in [0, 0.05) is 6.42 Å². The number of hydrogen-bond acceptors (Lipinski definition) is 13. The number of aliphatic hydroxyl groups is 8. The molecule has 76 heavy (non-hydrogen) atoms. The molecule has 14 heteroatoms. The summed E-state index contributed by atoms with van der Waals surface area (Å²) in [5.41, 5.74) is 0. The Labute approximate surface area is 462 Å². The van der Waals surface area contributed by atoms with Crippen LogP contribution in [0.25, 0.3) is 0 Å². The summed E-state index contributed by atoms with van der Waals surface area (Å²) in [7, 11) is 0. The second kappa shape index (κ2) is 48.2. The molecule has 0 aromatic rings. The number of allylic oxidation sites excluding steroid dienone is 3. The van der Waals surface area contributed by atoms with Crippen molar-refractivity contribution in [1.29, 1.82) is 0 Å². The van der Waals surface area contributed by atoms with Crippen LogP contribution in [0.4, 0.5) is 0 Å². The molecule has 2 saturated heterocycles. The minimum Gasteiger partial charge on any atom is -0.394 e. The summed E-state index contributed by atoms with van der Waals surface area (Å²) >= 11 is 0. The molecule has 2 heterocycles. The first kappa shape index (κ1) is 70.6. The van der Waals surface area contributed by atoms with Crippen molar-refractivity contribution in [3.63, 3.8) is 0 Å². The molecule has 448 valence electrons. The zero-order valence-electron chi connectivity index (χ0n) is 48.3. The van der Waals surface area contributed by atoms with E-state index in [2.05, 4.69) is 31.3 Å². The molecule has 0 spiro atoms. The molecule has 12 unspecified atom stereocenters. The van der Waals surface area contributed by atoms with Crippen molar-refractivity contribution >= 4 is 5.91 Å². The SMILES string of the molecule is CCCCC/C=C/C(O)C(COC1OC(CO)C(OC2OC(CO)C(O)C(O)C2O)C(O)C1O)NC(=O)CCCCCCCCCCCCCCCCCCCCCCCCCCC/C=C\CCCCCCCCCC. The lowest BCUT2D eigenvalue weighted by atomic mass is 9.97. The number of hydrogen-bond donors (Lipinski definition) is 9. The molecule has 0 radical (unpaired) electrons. The lowest BCUT2D eigenvalue weighted by Gasteiger charge is -2.46. The molecule has 2 aliphatic heterocycles. The maximum absolute atomic E-state index is 13.1. The van der Waals surface area contributed by atoms with Gasteiger partial charge in [0.15, 0.2) is 12.6 Å². The fourth-order valence-electron chi connectivity index (χ4n) is 10.5. The molecule has 2 aliphatic rings. The molecule has 0 aromatic heterocycles. The number of unbranched alkanes of at least 4 members (excludes halogenated alkanes) is 36. The molecule has 0 aliphatic carbocycles. The maximum Gasteiger partial charge on any atom is 0.220 e. The highest BCUT2D eigenvalue weighted by molar-refractivity contribution is 5.76. The minimum absolute atomic E-state index is 0.242. The number of aliphatic hydroxyl groups excluding tert-OH is 8. The molecular weight excluding hydrogens is 967 g/mol. The molecule has 14 nitrogen and oxygen atoms in total. The van der Waals surface area contributed by atoms with Crippen molar-refractivity contribution in [1.82, 2.24) is 5.32 Å². The van der Waals surface area contributed by atoms with Gasteiger partial charge < -0.3 is 65.1 Å². The van der Waals surface area contributed by atoms with Gasteiger partial charge in [0.25, 0.3) is 0 Å². The van der Waals surface area contributed by atoms with Crippen LogP contribution in [0.1, 0.15) is 271 Å². The summed E-state index contributed by atoms with van der Waals surface area (Å²) < 4.78 is 22.6. The third-order valence-electron chi connectivity index (χ3n) is 15.6. The quantitative estimate of drug-likeness (QED) is 0.0204. The molecule has 9 N–H and O–H groups in total. The van der Waals surface area contributed by atoms with E-state index >= 15 is 0 Å². The zero-order chi connectivity index (χ0) is 55.3. The maximum atomic E-state index is 13.1. The van der Waals surface area contributed by atoms with Crippen LogP contribution in [0.3, 0.4) is 0 Å². The molecule has 12 atom stereocenters. The van der Waals surface area contributed by atoms with E-state index in [-0.39, 0.29) is 18.9 Å². The van der Waals surface area contributed by atoms with Crippen molar-refractivity contribution in [3.8, 4) is 0 Å². The fraction of sp³-hybridized carbons (Fsp3) is 0.919. The number of ether oxygens (including phenoxy) is 4.